The summed E-state index contributed by atoms with van der Waals surface area (Å²) in [7, 11) is 0. The van der Waals surface area contributed by atoms with Crippen LogP contribution >= 0.6 is 22.9 Å². The minimum Gasteiger partial charge on any atom is -0.472 e. The monoisotopic (exact) mass is 227 g/mol. The molecule has 0 N–H and O–H groups in total. The van der Waals surface area contributed by atoms with Crippen LogP contribution in [0.4, 0.5) is 0 Å². The second kappa shape index (κ2) is 4.62. The number of furan rings is 1. The number of rotatable bonds is 4. The largest absolute Gasteiger partial charge is 0.472 e. The quantitative estimate of drug-likeness (QED) is 0.747. The summed E-state index contributed by atoms with van der Waals surface area (Å²) in [5.74, 6) is 0.693. The van der Waals surface area contributed by atoms with Crippen LogP contribution in [-0.2, 0) is 6.42 Å². The molecule has 2 aromatic heterocycles. The number of nitrogens with zero attached hydrogens (tertiary/aromatic N) is 1. The maximum Gasteiger partial charge on any atom is 0.126 e. The van der Waals surface area contributed by atoms with Crippen LogP contribution in [0.5, 0.6) is 0 Å². The summed E-state index contributed by atoms with van der Waals surface area (Å²) in [6.45, 7) is 0. The maximum atomic E-state index is 5.62. The molecule has 0 saturated heterocycles. The molecule has 0 aliphatic heterocycles. The van der Waals surface area contributed by atoms with Gasteiger partial charge in [-0.1, -0.05) is 0 Å². The summed E-state index contributed by atoms with van der Waals surface area (Å²) in [5, 5.41) is 3.10. The van der Waals surface area contributed by atoms with E-state index in [-0.39, 0.29) is 0 Å². The molecule has 0 spiro atoms. The third-order valence-electron chi connectivity index (χ3n) is 1.89. The third-order valence-corrected chi connectivity index (χ3v) is 3.09. The van der Waals surface area contributed by atoms with E-state index >= 15 is 0 Å². The van der Waals surface area contributed by atoms with Crippen LogP contribution in [0.15, 0.2) is 28.4 Å². The van der Waals surface area contributed by atoms with Crippen molar-refractivity contribution in [1.29, 1.82) is 0 Å². The first kappa shape index (κ1) is 9.74. The average Bonchev–Trinajstić information content (AvgIpc) is 2.85. The predicted octanol–water partition coefficient (Wildman–Crippen LogP) is 3.57. The molecule has 0 saturated carbocycles. The van der Waals surface area contributed by atoms with Crippen molar-refractivity contribution in [1.82, 2.24) is 4.98 Å². The molecule has 2 nitrogen and oxygen atoms in total. The minimum absolute atomic E-state index is 0.693. The summed E-state index contributed by atoms with van der Waals surface area (Å²) in [6.07, 6.45) is 5.31. The van der Waals surface area contributed by atoms with Gasteiger partial charge in [-0.15, -0.1) is 22.9 Å². The summed E-state index contributed by atoms with van der Waals surface area (Å²) >= 11 is 7.26. The number of halogens is 1. The molecular formula is C10H10ClNOS. The van der Waals surface area contributed by atoms with Crippen LogP contribution < -0.4 is 0 Å². The molecule has 2 rings (SSSR count). The van der Waals surface area contributed by atoms with Crippen molar-refractivity contribution in [3.05, 3.63) is 29.7 Å². The number of hydrogen-bond donors (Lipinski definition) is 0. The highest BCUT2D eigenvalue weighted by Gasteiger charge is 2.04. The Hall–Kier alpha value is -0.800. The van der Waals surface area contributed by atoms with Crippen molar-refractivity contribution in [2.24, 2.45) is 0 Å². The summed E-state index contributed by atoms with van der Waals surface area (Å²) in [6, 6.07) is 1.92. The first-order chi connectivity index (χ1) is 6.90. The maximum absolute atomic E-state index is 5.62. The van der Waals surface area contributed by atoms with Crippen molar-refractivity contribution in [3.63, 3.8) is 0 Å². The fraction of sp³-hybridized carbons (Fsp3) is 0.300. The lowest BCUT2D eigenvalue weighted by molar-refractivity contribution is 0.568. The SMILES string of the molecule is ClCCCc1csc(-c2ccoc2)n1. The predicted molar refractivity (Wildman–Crippen MR) is 58.9 cm³/mol. The number of aromatic nitrogens is 1. The highest BCUT2D eigenvalue weighted by Crippen LogP contribution is 2.24. The zero-order chi connectivity index (χ0) is 9.80. The lowest BCUT2D eigenvalue weighted by Crippen LogP contribution is -1.85. The first-order valence-electron chi connectivity index (χ1n) is 4.43. The second-order valence-corrected chi connectivity index (χ2v) is 4.18. The van der Waals surface area contributed by atoms with Crippen molar-refractivity contribution >= 4 is 22.9 Å². The van der Waals surface area contributed by atoms with Gasteiger partial charge in [-0.05, 0) is 18.9 Å². The van der Waals surface area contributed by atoms with Gasteiger partial charge in [-0.2, -0.15) is 0 Å². The molecule has 0 radical (unpaired) electrons. The Labute approximate surface area is 91.5 Å². The lowest BCUT2D eigenvalue weighted by atomic mass is 10.3. The molecule has 0 unspecified atom stereocenters. The fourth-order valence-electron chi connectivity index (χ4n) is 1.19. The summed E-state index contributed by atoms with van der Waals surface area (Å²) in [4.78, 5) is 4.49. The van der Waals surface area contributed by atoms with Gasteiger partial charge in [0.1, 0.15) is 11.3 Å². The Morgan fingerprint density at radius 2 is 2.43 bits per heavy atom. The van der Waals surface area contributed by atoms with E-state index in [1.54, 1.807) is 23.9 Å². The Kier molecular flexibility index (Phi) is 3.22. The molecule has 0 atom stereocenters. The van der Waals surface area contributed by atoms with E-state index in [0.717, 1.165) is 29.1 Å². The van der Waals surface area contributed by atoms with E-state index in [1.165, 1.54) is 0 Å². The van der Waals surface area contributed by atoms with Crippen molar-refractivity contribution in [2.75, 3.05) is 5.88 Å². The smallest absolute Gasteiger partial charge is 0.126 e. The fourth-order valence-corrected chi connectivity index (χ4v) is 2.16. The van der Waals surface area contributed by atoms with Crippen molar-refractivity contribution in [3.8, 4) is 10.6 Å². The highest BCUT2D eigenvalue weighted by atomic mass is 35.5. The molecule has 0 aromatic carbocycles. The number of hydrogen-bond acceptors (Lipinski definition) is 3. The van der Waals surface area contributed by atoms with E-state index in [9.17, 15) is 0 Å². The van der Waals surface area contributed by atoms with Crippen LogP contribution in [0, 0.1) is 0 Å². The molecule has 0 aliphatic rings. The van der Waals surface area contributed by atoms with Crippen LogP contribution in [0.3, 0.4) is 0 Å². The van der Waals surface area contributed by atoms with E-state index in [2.05, 4.69) is 10.4 Å². The zero-order valence-electron chi connectivity index (χ0n) is 7.57. The van der Waals surface area contributed by atoms with Gasteiger partial charge in [0.15, 0.2) is 0 Å². The van der Waals surface area contributed by atoms with E-state index in [0.29, 0.717) is 5.88 Å². The normalized spacial score (nSPS) is 10.6. The molecule has 4 heteroatoms. The molecule has 0 amide bonds. The summed E-state index contributed by atoms with van der Waals surface area (Å²) in [5.41, 5.74) is 2.17. The van der Waals surface area contributed by atoms with Gasteiger partial charge in [0, 0.05) is 16.8 Å². The summed E-state index contributed by atoms with van der Waals surface area (Å²) < 4.78 is 5.00. The third kappa shape index (κ3) is 2.16. The van der Waals surface area contributed by atoms with Gasteiger partial charge in [-0.25, -0.2) is 4.98 Å². The van der Waals surface area contributed by atoms with Gasteiger partial charge in [0.2, 0.25) is 0 Å². The van der Waals surface area contributed by atoms with Crippen molar-refractivity contribution in [2.45, 2.75) is 12.8 Å². The molecule has 0 aliphatic carbocycles. The topological polar surface area (TPSA) is 26.0 Å². The molecule has 14 heavy (non-hydrogen) atoms. The number of thiazole rings is 1. The molecule has 2 aromatic rings. The van der Waals surface area contributed by atoms with E-state index in [4.69, 9.17) is 16.0 Å². The number of aryl methyl sites for hydroxylation is 1. The van der Waals surface area contributed by atoms with Gasteiger partial charge >= 0.3 is 0 Å². The zero-order valence-corrected chi connectivity index (χ0v) is 9.14. The van der Waals surface area contributed by atoms with Crippen LogP contribution in [-0.4, -0.2) is 10.9 Å². The lowest BCUT2D eigenvalue weighted by Gasteiger charge is -1.90. The second-order valence-electron chi connectivity index (χ2n) is 2.95. The van der Waals surface area contributed by atoms with Gasteiger partial charge in [-0.3, -0.25) is 0 Å². The molecule has 74 valence electrons. The Bertz CT molecular complexity index is 382. The molecular weight excluding hydrogens is 218 g/mol. The van der Waals surface area contributed by atoms with Crippen LogP contribution in [0.1, 0.15) is 12.1 Å². The highest BCUT2D eigenvalue weighted by molar-refractivity contribution is 7.13. The standard InChI is InChI=1S/C10H10ClNOS/c11-4-1-2-9-7-14-10(12-9)8-3-5-13-6-8/h3,5-7H,1-2,4H2. The molecule has 0 fully saturated rings. The van der Waals surface area contributed by atoms with Gasteiger partial charge in [0.25, 0.3) is 0 Å². The minimum atomic E-state index is 0.693. The molecule has 2 heterocycles. The Morgan fingerprint density at radius 3 is 3.14 bits per heavy atom. The number of alkyl halides is 1. The van der Waals surface area contributed by atoms with Crippen molar-refractivity contribution < 1.29 is 4.42 Å². The van der Waals surface area contributed by atoms with E-state index in [1.807, 2.05) is 6.07 Å². The van der Waals surface area contributed by atoms with Gasteiger partial charge < -0.3 is 4.42 Å². The molecule has 0 bridgehead atoms. The average molecular weight is 228 g/mol. The van der Waals surface area contributed by atoms with E-state index < -0.39 is 0 Å². The Balaban J connectivity index is 2.10. The first-order valence-corrected chi connectivity index (χ1v) is 5.84. The van der Waals surface area contributed by atoms with Crippen LogP contribution in [0.25, 0.3) is 10.6 Å². The van der Waals surface area contributed by atoms with Crippen LogP contribution in [0.2, 0.25) is 0 Å². The Morgan fingerprint density at radius 1 is 1.50 bits per heavy atom. The van der Waals surface area contributed by atoms with Gasteiger partial charge in [0.05, 0.1) is 12.0 Å².